The first-order valence-corrected chi connectivity index (χ1v) is 7.51. The zero-order valence-corrected chi connectivity index (χ0v) is 13.6. The fourth-order valence-corrected chi connectivity index (χ4v) is 2.27. The molecular formula is C18H22FN2O2+. The minimum atomic E-state index is -0.322. The maximum absolute atomic E-state index is 12.9. The van der Waals surface area contributed by atoms with Gasteiger partial charge < -0.3 is 15.0 Å². The highest BCUT2D eigenvalue weighted by atomic mass is 19.1. The number of nitrogens with one attached hydrogen (secondary N) is 2. The van der Waals surface area contributed by atoms with Crippen LogP contribution in [-0.2, 0) is 11.3 Å². The van der Waals surface area contributed by atoms with Crippen LogP contribution in [0.15, 0.2) is 48.5 Å². The Hall–Kier alpha value is -2.40. The van der Waals surface area contributed by atoms with Crippen molar-refractivity contribution >= 4 is 11.6 Å². The average molecular weight is 317 g/mol. The van der Waals surface area contributed by atoms with Crippen LogP contribution in [0.4, 0.5) is 10.1 Å². The molecule has 2 aromatic rings. The lowest BCUT2D eigenvalue weighted by Gasteiger charge is -2.21. The number of hydrogen-bond acceptors (Lipinski definition) is 2. The second-order valence-electron chi connectivity index (χ2n) is 5.59. The van der Waals surface area contributed by atoms with E-state index in [1.54, 1.807) is 19.2 Å². The van der Waals surface area contributed by atoms with E-state index >= 15 is 0 Å². The summed E-state index contributed by atoms with van der Waals surface area (Å²) in [6.45, 7) is 2.57. The van der Waals surface area contributed by atoms with E-state index in [0.717, 1.165) is 16.2 Å². The highest BCUT2D eigenvalue weighted by Gasteiger charge is 2.22. The van der Waals surface area contributed by atoms with Gasteiger partial charge in [0.2, 0.25) is 0 Å². The Morgan fingerprint density at radius 1 is 1.26 bits per heavy atom. The molecule has 0 heterocycles. The number of rotatable bonds is 6. The van der Waals surface area contributed by atoms with Gasteiger partial charge >= 0.3 is 0 Å². The smallest absolute Gasteiger partial charge is 0.282 e. The molecule has 2 atom stereocenters. The van der Waals surface area contributed by atoms with Crippen LogP contribution in [0.3, 0.4) is 0 Å². The second kappa shape index (κ2) is 7.74. The first-order valence-electron chi connectivity index (χ1n) is 7.51. The van der Waals surface area contributed by atoms with E-state index < -0.39 is 0 Å². The lowest BCUT2D eigenvalue weighted by Crippen LogP contribution is -3.12. The number of halogens is 1. The second-order valence-corrected chi connectivity index (χ2v) is 5.59. The zero-order chi connectivity index (χ0) is 16.8. The highest BCUT2D eigenvalue weighted by Crippen LogP contribution is 2.12. The third-order valence-corrected chi connectivity index (χ3v) is 3.86. The van der Waals surface area contributed by atoms with Crippen LogP contribution in [0.2, 0.25) is 0 Å². The molecule has 0 aliphatic rings. The van der Waals surface area contributed by atoms with Crippen molar-refractivity contribution in [3.63, 3.8) is 0 Å². The molecule has 0 aromatic heterocycles. The summed E-state index contributed by atoms with van der Waals surface area (Å²) >= 11 is 0. The fourth-order valence-electron chi connectivity index (χ4n) is 2.27. The zero-order valence-electron chi connectivity index (χ0n) is 13.6. The lowest BCUT2D eigenvalue weighted by atomic mass is 10.1. The summed E-state index contributed by atoms with van der Waals surface area (Å²) in [7, 11) is 3.60. The van der Waals surface area contributed by atoms with Crippen LogP contribution in [0.1, 0.15) is 12.5 Å². The molecule has 4 nitrogen and oxygen atoms in total. The summed E-state index contributed by atoms with van der Waals surface area (Å²) in [6, 6.07) is 13.3. The molecule has 2 rings (SSSR count). The Balaban J connectivity index is 1.96. The molecule has 1 amide bonds. The van der Waals surface area contributed by atoms with Crippen molar-refractivity contribution < 1.29 is 18.8 Å². The van der Waals surface area contributed by atoms with Gasteiger partial charge in [0.25, 0.3) is 5.91 Å². The molecule has 0 radical (unpaired) electrons. The van der Waals surface area contributed by atoms with Crippen molar-refractivity contribution in [2.75, 3.05) is 19.5 Å². The van der Waals surface area contributed by atoms with Gasteiger partial charge in [-0.05, 0) is 43.3 Å². The van der Waals surface area contributed by atoms with Crippen LogP contribution in [-0.4, -0.2) is 26.1 Å². The van der Waals surface area contributed by atoms with E-state index in [2.05, 4.69) is 5.32 Å². The van der Waals surface area contributed by atoms with Crippen LogP contribution in [0, 0.1) is 5.82 Å². The summed E-state index contributed by atoms with van der Waals surface area (Å²) < 4.78 is 18.1. The Morgan fingerprint density at radius 3 is 2.61 bits per heavy atom. The number of amides is 1. The predicted octanol–water partition coefficient (Wildman–Crippen LogP) is 1.88. The van der Waals surface area contributed by atoms with Gasteiger partial charge in [-0.15, -0.1) is 0 Å². The van der Waals surface area contributed by atoms with Crippen molar-refractivity contribution in [1.82, 2.24) is 0 Å². The van der Waals surface area contributed by atoms with Gasteiger partial charge in [-0.2, -0.15) is 0 Å². The van der Waals surface area contributed by atoms with E-state index in [-0.39, 0.29) is 17.8 Å². The quantitative estimate of drug-likeness (QED) is 0.854. The summed E-state index contributed by atoms with van der Waals surface area (Å²) in [6.07, 6.45) is 0. The molecule has 0 aliphatic heterocycles. The summed E-state index contributed by atoms with van der Waals surface area (Å²) in [5.41, 5.74) is 1.70. The molecule has 0 fully saturated rings. The molecular weight excluding hydrogens is 295 g/mol. The van der Waals surface area contributed by atoms with Crippen LogP contribution in [0.25, 0.3) is 0 Å². The molecule has 0 spiro atoms. The first kappa shape index (κ1) is 17.0. The van der Waals surface area contributed by atoms with Gasteiger partial charge in [-0.1, -0.05) is 12.1 Å². The van der Waals surface area contributed by atoms with Crippen molar-refractivity contribution in [2.45, 2.75) is 19.5 Å². The number of quaternary nitrogens is 1. The van der Waals surface area contributed by atoms with E-state index in [1.165, 1.54) is 12.1 Å². The van der Waals surface area contributed by atoms with E-state index in [9.17, 15) is 9.18 Å². The van der Waals surface area contributed by atoms with Crippen LogP contribution in [0.5, 0.6) is 5.75 Å². The monoisotopic (exact) mass is 317 g/mol. The van der Waals surface area contributed by atoms with E-state index in [4.69, 9.17) is 4.74 Å². The largest absolute Gasteiger partial charge is 0.497 e. The van der Waals surface area contributed by atoms with Gasteiger partial charge in [-0.25, -0.2) is 4.39 Å². The number of hydrogen-bond donors (Lipinski definition) is 2. The molecule has 1 unspecified atom stereocenters. The van der Waals surface area contributed by atoms with Crippen molar-refractivity contribution in [3.8, 4) is 5.75 Å². The number of likely N-dealkylation sites (N-methyl/N-ethyl adjacent to an activating group) is 1. The Morgan fingerprint density at radius 2 is 1.96 bits per heavy atom. The Bertz CT molecular complexity index is 658. The molecule has 0 aliphatic carbocycles. The van der Waals surface area contributed by atoms with Crippen molar-refractivity contribution in [3.05, 3.63) is 59.9 Å². The molecule has 0 bridgehead atoms. The molecule has 2 N–H and O–H groups in total. The SMILES string of the molecule is COc1cccc(C[NH+](C)[C@@H](C)C(=O)Nc2ccc(F)cc2)c1. The summed E-state index contributed by atoms with van der Waals surface area (Å²) in [4.78, 5) is 13.4. The predicted molar refractivity (Wildman–Crippen MR) is 88.1 cm³/mol. The molecule has 2 aromatic carbocycles. The maximum Gasteiger partial charge on any atom is 0.282 e. The topological polar surface area (TPSA) is 42.8 Å². The standard InChI is InChI=1S/C18H21FN2O2/c1-13(18(22)20-16-9-7-15(19)8-10-16)21(2)12-14-5-4-6-17(11-14)23-3/h4-11,13H,12H2,1-3H3,(H,20,22)/p+1/t13-/m0/s1. The van der Waals surface area contributed by atoms with Crippen molar-refractivity contribution in [1.29, 1.82) is 0 Å². The molecule has 122 valence electrons. The number of carbonyl (C=O) groups is 1. The third-order valence-electron chi connectivity index (χ3n) is 3.86. The minimum Gasteiger partial charge on any atom is -0.497 e. The Kier molecular flexibility index (Phi) is 5.71. The van der Waals surface area contributed by atoms with Gasteiger partial charge in [0.1, 0.15) is 18.1 Å². The molecule has 5 heteroatoms. The number of benzene rings is 2. The summed E-state index contributed by atoms with van der Waals surface area (Å²) in [5.74, 6) is 0.382. The number of anilines is 1. The first-order chi connectivity index (χ1) is 11.0. The number of carbonyl (C=O) groups excluding carboxylic acids is 1. The molecule has 0 saturated carbocycles. The normalized spacial score (nSPS) is 13.2. The third kappa shape index (κ3) is 4.79. The molecule has 23 heavy (non-hydrogen) atoms. The number of methoxy groups -OCH3 is 1. The van der Waals surface area contributed by atoms with E-state index in [0.29, 0.717) is 12.2 Å². The van der Waals surface area contributed by atoms with Gasteiger partial charge in [-0.3, -0.25) is 4.79 Å². The molecule has 0 saturated heterocycles. The van der Waals surface area contributed by atoms with Gasteiger partial charge in [0, 0.05) is 11.3 Å². The van der Waals surface area contributed by atoms with Gasteiger partial charge in [0.05, 0.1) is 14.2 Å². The average Bonchev–Trinajstić information content (AvgIpc) is 2.56. The highest BCUT2D eigenvalue weighted by molar-refractivity contribution is 5.93. The van der Waals surface area contributed by atoms with E-state index in [1.807, 2.05) is 38.2 Å². The number of ether oxygens (including phenoxy) is 1. The Labute approximate surface area is 135 Å². The minimum absolute atomic E-state index is 0.1000. The van der Waals surface area contributed by atoms with Gasteiger partial charge in [0.15, 0.2) is 6.04 Å². The fraction of sp³-hybridized carbons (Fsp3) is 0.278. The maximum atomic E-state index is 12.9. The van der Waals surface area contributed by atoms with Crippen LogP contribution >= 0.6 is 0 Å². The van der Waals surface area contributed by atoms with Crippen molar-refractivity contribution in [2.24, 2.45) is 0 Å². The lowest BCUT2D eigenvalue weighted by molar-refractivity contribution is -0.907. The van der Waals surface area contributed by atoms with Crippen LogP contribution < -0.4 is 15.0 Å². The summed E-state index contributed by atoms with van der Waals surface area (Å²) in [5, 5.41) is 2.81.